The van der Waals surface area contributed by atoms with Crippen LogP contribution >= 0.6 is 11.6 Å². The Balaban J connectivity index is 2.04. The number of halogens is 1. The van der Waals surface area contributed by atoms with E-state index in [4.69, 9.17) is 11.6 Å². The molecule has 0 radical (unpaired) electrons. The number of aliphatic hydroxyl groups is 1. The van der Waals surface area contributed by atoms with Gasteiger partial charge in [0, 0.05) is 5.02 Å². The second kappa shape index (κ2) is 6.82. The number of hydrogen-bond donors (Lipinski definition) is 1. The van der Waals surface area contributed by atoms with Crippen molar-refractivity contribution in [3.63, 3.8) is 0 Å². The maximum atomic E-state index is 11.4. The zero-order valence-electron chi connectivity index (χ0n) is 12.6. The Morgan fingerprint density at radius 3 is 1.65 bits per heavy atom. The molecule has 0 aliphatic carbocycles. The number of benzene rings is 3. The van der Waals surface area contributed by atoms with Gasteiger partial charge in [0.05, 0.1) is 0 Å². The Labute approximate surface area is 141 Å². The van der Waals surface area contributed by atoms with Gasteiger partial charge in [0.15, 0.2) is 0 Å². The molecule has 1 nitrogen and oxygen atoms in total. The quantitative estimate of drug-likeness (QED) is 0.692. The molecular weight excluding hydrogens is 304 g/mol. The molecule has 0 unspecified atom stereocenters. The first kappa shape index (κ1) is 15.5. The first-order chi connectivity index (χ1) is 11.2. The predicted molar refractivity (Wildman–Crippen MR) is 96.4 cm³/mol. The van der Waals surface area contributed by atoms with Crippen LogP contribution in [0.1, 0.15) is 16.7 Å². The predicted octanol–water partition coefficient (Wildman–Crippen LogP) is 5.29. The van der Waals surface area contributed by atoms with Gasteiger partial charge in [-0.05, 0) is 34.9 Å². The van der Waals surface area contributed by atoms with Crippen LogP contribution in [0.5, 0.6) is 0 Å². The lowest BCUT2D eigenvalue weighted by Gasteiger charge is -2.26. The fraction of sp³-hybridized carbons (Fsp3) is 0.0476. The van der Waals surface area contributed by atoms with E-state index in [1.54, 1.807) is 0 Å². The SMILES string of the molecule is OC(/C=C/c1ccc(Cl)cc1)(c1ccccc1)c1ccccc1. The van der Waals surface area contributed by atoms with Gasteiger partial charge in [0.2, 0.25) is 0 Å². The van der Waals surface area contributed by atoms with E-state index in [0.29, 0.717) is 5.02 Å². The minimum atomic E-state index is -1.18. The second-order valence-electron chi connectivity index (χ2n) is 5.38. The van der Waals surface area contributed by atoms with Crippen molar-refractivity contribution >= 4 is 17.7 Å². The van der Waals surface area contributed by atoms with Crippen molar-refractivity contribution in [3.8, 4) is 0 Å². The van der Waals surface area contributed by atoms with E-state index >= 15 is 0 Å². The standard InChI is InChI=1S/C21H17ClO/c22-20-13-11-17(12-14-20)15-16-21(23,18-7-3-1-4-8-18)19-9-5-2-6-10-19/h1-16,23H/b16-15+. The van der Waals surface area contributed by atoms with Gasteiger partial charge in [-0.2, -0.15) is 0 Å². The molecule has 0 amide bonds. The highest BCUT2D eigenvalue weighted by molar-refractivity contribution is 6.30. The highest BCUT2D eigenvalue weighted by Crippen LogP contribution is 2.31. The van der Waals surface area contributed by atoms with E-state index in [2.05, 4.69) is 0 Å². The zero-order chi connectivity index (χ0) is 16.1. The first-order valence-electron chi connectivity index (χ1n) is 7.47. The molecule has 0 atom stereocenters. The summed E-state index contributed by atoms with van der Waals surface area (Å²) in [6.07, 6.45) is 3.73. The molecule has 0 aliphatic heterocycles. The molecule has 0 saturated carbocycles. The molecule has 3 aromatic rings. The van der Waals surface area contributed by atoms with Gasteiger partial charge >= 0.3 is 0 Å². The van der Waals surface area contributed by atoms with Gasteiger partial charge in [0.1, 0.15) is 5.60 Å². The smallest absolute Gasteiger partial charge is 0.134 e. The van der Waals surface area contributed by atoms with Crippen molar-refractivity contribution < 1.29 is 5.11 Å². The van der Waals surface area contributed by atoms with Crippen LogP contribution in [0.15, 0.2) is 91.0 Å². The summed E-state index contributed by atoms with van der Waals surface area (Å²) < 4.78 is 0. The van der Waals surface area contributed by atoms with E-state index in [1.165, 1.54) is 0 Å². The molecule has 23 heavy (non-hydrogen) atoms. The summed E-state index contributed by atoms with van der Waals surface area (Å²) in [6, 6.07) is 26.9. The second-order valence-corrected chi connectivity index (χ2v) is 5.82. The van der Waals surface area contributed by atoms with Crippen LogP contribution in [0.4, 0.5) is 0 Å². The molecule has 0 spiro atoms. The van der Waals surface area contributed by atoms with Crippen LogP contribution in [-0.4, -0.2) is 5.11 Å². The molecule has 0 saturated heterocycles. The molecule has 0 bridgehead atoms. The van der Waals surface area contributed by atoms with E-state index in [-0.39, 0.29) is 0 Å². The van der Waals surface area contributed by atoms with Gasteiger partial charge in [-0.15, -0.1) is 0 Å². The largest absolute Gasteiger partial charge is 0.377 e. The number of rotatable bonds is 4. The highest BCUT2D eigenvalue weighted by atomic mass is 35.5. The number of hydrogen-bond acceptors (Lipinski definition) is 1. The lowest BCUT2D eigenvalue weighted by atomic mass is 9.85. The van der Waals surface area contributed by atoms with Crippen LogP contribution in [0.25, 0.3) is 6.08 Å². The zero-order valence-corrected chi connectivity index (χ0v) is 13.3. The van der Waals surface area contributed by atoms with Crippen molar-refractivity contribution in [2.75, 3.05) is 0 Å². The third kappa shape index (κ3) is 3.53. The van der Waals surface area contributed by atoms with Crippen molar-refractivity contribution in [1.29, 1.82) is 0 Å². The van der Waals surface area contributed by atoms with Crippen LogP contribution in [0.2, 0.25) is 5.02 Å². The lowest BCUT2D eigenvalue weighted by Crippen LogP contribution is -2.24. The molecule has 114 valence electrons. The molecule has 0 aliphatic rings. The average Bonchev–Trinajstić information content (AvgIpc) is 2.62. The van der Waals surface area contributed by atoms with E-state index < -0.39 is 5.60 Å². The third-order valence-corrected chi connectivity index (χ3v) is 4.07. The first-order valence-corrected chi connectivity index (χ1v) is 7.84. The normalized spacial score (nSPS) is 11.7. The Bertz CT molecular complexity index is 738. The van der Waals surface area contributed by atoms with Crippen LogP contribution in [-0.2, 0) is 5.60 Å². The molecule has 0 heterocycles. The van der Waals surface area contributed by atoms with E-state index in [9.17, 15) is 5.11 Å². The van der Waals surface area contributed by atoms with Gasteiger partial charge < -0.3 is 5.11 Å². The van der Waals surface area contributed by atoms with Gasteiger partial charge in [-0.3, -0.25) is 0 Å². The monoisotopic (exact) mass is 320 g/mol. The minimum absolute atomic E-state index is 0.698. The molecule has 0 aromatic heterocycles. The molecule has 3 aromatic carbocycles. The lowest BCUT2D eigenvalue weighted by molar-refractivity contribution is 0.135. The Morgan fingerprint density at radius 2 is 1.17 bits per heavy atom. The van der Waals surface area contributed by atoms with Crippen molar-refractivity contribution in [2.45, 2.75) is 5.60 Å². The molecule has 1 N–H and O–H groups in total. The maximum absolute atomic E-state index is 11.4. The maximum Gasteiger partial charge on any atom is 0.134 e. The van der Waals surface area contributed by atoms with Crippen LogP contribution < -0.4 is 0 Å². The molecule has 3 rings (SSSR count). The van der Waals surface area contributed by atoms with Crippen molar-refractivity contribution in [2.24, 2.45) is 0 Å². The average molecular weight is 321 g/mol. The van der Waals surface area contributed by atoms with E-state index in [0.717, 1.165) is 16.7 Å². The summed E-state index contributed by atoms with van der Waals surface area (Å²) in [7, 11) is 0. The topological polar surface area (TPSA) is 20.2 Å². The summed E-state index contributed by atoms with van der Waals surface area (Å²) in [5.74, 6) is 0. The Morgan fingerprint density at radius 1 is 0.696 bits per heavy atom. The van der Waals surface area contributed by atoms with Crippen LogP contribution in [0, 0.1) is 0 Å². The summed E-state index contributed by atoms with van der Waals surface area (Å²) in [5.41, 5.74) is 1.47. The fourth-order valence-electron chi connectivity index (χ4n) is 2.53. The third-order valence-electron chi connectivity index (χ3n) is 3.81. The van der Waals surface area contributed by atoms with Gasteiger partial charge in [-0.1, -0.05) is 90.5 Å². The highest BCUT2D eigenvalue weighted by Gasteiger charge is 2.27. The van der Waals surface area contributed by atoms with Crippen molar-refractivity contribution in [3.05, 3.63) is 113 Å². The van der Waals surface area contributed by atoms with E-state index in [1.807, 2.05) is 97.1 Å². The van der Waals surface area contributed by atoms with Gasteiger partial charge in [-0.25, -0.2) is 0 Å². The molecule has 2 heteroatoms. The Hall–Kier alpha value is -2.35. The van der Waals surface area contributed by atoms with Gasteiger partial charge in [0.25, 0.3) is 0 Å². The summed E-state index contributed by atoms with van der Waals surface area (Å²) in [6.45, 7) is 0. The minimum Gasteiger partial charge on any atom is -0.377 e. The molecule has 0 fully saturated rings. The summed E-state index contributed by atoms with van der Waals surface area (Å²) >= 11 is 5.92. The molecular formula is C21H17ClO. The summed E-state index contributed by atoms with van der Waals surface area (Å²) in [4.78, 5) is 0. The van der Waals surface area contributed by atoms with Crippen molar-refractivity contribution in [1.82, 2.24) is 0 Å². The Kier molecular flexibility index (Phi) is 4.61. The van der Waals surface area contributed by atoms with Crippen LogP contribution in [0.3, 0.4) is 0 Å². The summed E-state index contributed by atoms with van der Waals surface area (Å²) in [5, 5.41) is 12.1. The fourth-order valence-corrected chi connectivity index (χ4v) is 2.66.